The molecule has 2 heterocycles. The van der Waals surface area contributed by atoms with Crippen LogP contribution in [-0.4, -0.2) is 48.4 Å². The molecule has 0 saturated carbocycles. The molecule has 1 fully saturated rings. The van der Waals surface area contributed by atoms with Gasteiger partial charge in [-0.3, -0.25) is 4.90 Å². The smallest absolute Gasteiger partial charge is 0.241 e. The summed E-state index contributed by atoms with van der Waals surface area (Å²) in [7, 11) is 2.06. The van der Waals surface area contributed by atoms with Crippen LogP contribution in [0.1, 0.15) is 11.5 Å². The number of aromatic nitrogens is 2. The number of hydrogen-bond acceptors (Lipinski definition) is 6. The van der Waals surface area contributed by atoms with Crippen molar-refractivity contribution < 1.29 is 9.26 Å². The molecule has 1 aromatic heterocycles. The molecule has 0 unspecified atom stereocenters. The fourth-order valence-corrected chi connectivity index (χ4v) is 3.50. The van der Waals surface area contributed by atoms with E-state index in [1.54, 1.807) is 0 Å². The van der Waals surface area contributed by atoms with Gasteiger partial charge in [0.1, 0.15) is 0 Å². The van der Waals surface area contributed by atoms with E-state index in [0.717, 1.165) is 38.4 Å². The highest BCUT2D eigenvalue weighted by Crippen LogP contribution is 2.24. The second-order valence-corrected chi connectivity index (χ2v) is 7.36. The van der Waals surface area contributed by atoms with E-state index in [4.69, 9.17) is 20.9 Å². The van der Waals surface area contributed by atoms with Gasteiger partial charge in [-0.2, -0.15) is 4.98 Å². The molecule has 0 amide bonds. The third-order valence-electron chi connectivity index (χ3n) is 4.76. The zero-order valence-corrected chi connectivity index (χ0v) is 16.6. The van der Waals surface area contributed by atoms with E-state index in [2.05, 4.69) is 51.3 Å². The molecule has 2 aromatic carbocycles. The maximum Gasteiger partial charge on any atom is 0.241 e. The van der Waals surface area contributed by atoms with Crippen LogP contribution in [0.5, 0.6) is 0 Å². The van der Waals surface area contributed by atoms with Gasteiger partial charge in [0.15, 0.2) is 0 Å². The lowest BCUT2D eigenvalue weighted by Crippen LogP contribution is -2.37. The van der Waals surface area contributed by atoms with E-state index in [1.807, 2.05) is 24.3 Å². The Labute approximate surface area is 169 Å². The molecule has 1 saturated heterocycles. The summed E-state index contributed by atoms with van der Waals surface area (Å²) >= 11 is 5.94. The Morgan fingerprint density at radius 2 is 1.79 bits per heavy atom. The predicted molar refractivity (Wildman–Crippen MR) is 109 cm³/mol. The zero-order valence-electron chi connectivity index (χ0n) is 15.8. The van der Waals surface area contributed by atoms with Crippen molar-refractivity contribution in [3.8, 4) is 11.4 Å². The second kappa shape index (κ2) is 8.73. The van der Waals surface area contributed by atoms with Gasteiger partial charge in [-0.05, 0) is 42.9 Å². The number of rotatable bonds is 6. The van der Waals surface area contributed by atoms with Crippen LogP contribution in [0.2, 0.25) is 5.02 Å². The minimum Gasteiger partial charge on any atom is -0.378 e. The molecule has 28 heavy (non-hydrogen) atoms. The van der Waals surface area contributed by atoms with Crippen molar-refractivity contribution in [2.75, 3.05) is 38.3 Å². The molecule has 6 nitrogen and oxygen atoms in total. The minimum atomic E-state index is 0.578. The molecule has 146 valence electrons. The Kier molecular flexibility index (Phi) is 5.90. The highest BCUT2D eigenvalue weighted by atomic mass is 35.5. The quantitative estimate of drug-likeness (QED) is 0.628. The van der Waals surface area contributed by atoms with Crippen LogP contribution < -0.4 is 4.90 Å². The zero-order chi connectivity index (χ0) is 19.3. The van der Waals surface area contributed by atoms with Crippen molar-refractivity contribution in [2.24, 2.45) is 0 Å². The third-order valence-corrected chi connectivity index (χ3v) is 5.01. The maximum atomic E-state index is 5.94. The lowest BCUT2D eigenvalue weighted by Gasteiger charge is -2.31. The normalized spacial score (nSPS) is 14.6. The van der Waals surface area contributed by atoms with E-state index in [1.165, 1.54) is 11.3 Å². The van der Waals surface area contributed by atoms with Gasteiger partial charge in [0.25, 0.3) is 0 Å². The summed E-state index contributed by atoms with van der Waals surface area (Å²) in [6.45, 7) is 4.78. The monoisotopic (exact) mass is 398 g/mol. The van der Waals surface area contributed by atoms with Gasteiger partial charge in [-0.15, -0.1) is 0 Å². The number of halogens is 1. The molecule has 0 spiro atoms. The third kappa shape index (κ3) is 4.52. The molecule has 4 rings (SSSR count). The van der Waals surface area contributed by atoms with E-state index in [-0.39, 0.29) is 0 Å². The number of hydrogen-bond donors (Lipinski definition) is 0. The Hall–Kier alpha value is -2.41. The van der Waals surface area contributed by atoms with Crippen molar-refractivity contribution in [1.82, 2.24) is 15.0 Å². The molecule has 0 atom stereocenters. The second-order valence-electron chi connectivity index (χ2n) is 6.92. The molecule has 1 aliphatic rings. The van der Waals surface area contributed by atoms with Crippen molar-refractivity contribution in [1.29, 1.82) is 0 Å². The molecule has 0 bridgehead atoms. The Morgan fingerprint density at radius 3 is 2.57 bits per heavy atom. The van der Waals surface area contributed by atoms with E-state index < -0.39 is 0 Å². The summed E-state index contributed by atoms with van der Waals surface area (Å²) in [5.41, 5.74) is 3.44. The van der Waals surface area contributed by atoms with Crippen LogP contribution in [0.4, 0.5) is 5.69 Å². The number of benzene rings is 2. The highest BCUT2D eigenvalue weighted by Gasteiger charge is 2.16. The largest absolute Gasteiger partial charge is 0.378 e. The summed E-state index contributed by atoms with van der Waals surface area (Å²) in [5.74, 6) is 1.17. The first kappa shape index (κ1) is 18.9. The van der Waals surface area contributed by atoms with Gasteiger partial charge in [-0.1, -0.05) is 35.0 Å². The SMILES string of the molecule is CN(Cc1nc(-c2ccc(Cl)cc2)no1)Cc1ccccc1N1CCOCC1. The van der Waals surface area contributed by atoms with Crippen LogP contribution in [0, 0.1) is 0 Å². The Balaban J connectivity index is 1.42. The molecular formula is C21H23ClN4O2. The van der Waals surface area contributed by atoms with Crippen molar-refractivity contribution in [3.05, 3.63) is 65.0 Å². The van der Waals surface area contributed by atoms with Crippen molar-refractivity contribution in [2.45, 2.75) is 13.1 Å². The first-order valence-electron chi connectivity index (χ1n) is 9.37. The lowest BCUT2D eigenvalue weighted by atomic mass is 10.1. The first-order valence-corrected chi connectivity index (χ1v) is 9.74. The van der Waals surface area contributed by atoms with E-state index in [9.17, 15) is 0 Å². The molecule has 1 aliphatic heterocycles. The summed E-state index contributed by atoms with van der Waals surface area (Å²) in [4.78, 5) is 9.08. The number of nitrogens with zero attached hydrogens (tertiary/aromatic N) is 4. The number of morpholine rings is 1. The highest BCUT2D eigenvalue weighted by molar-refractivity contribution is 6.30. The lowest BCUT2D eigenvalue weighted by molar-refractivity contribution is 0.122. The first-order chi connectivity index (χ1) is 13.7. The van der Waals surface area contributed by atoms with Crippen LogP contribution in [0.15, 0.2) is 53.1 Å². The predicted octanol–water partition coefficient (Wildman–Crippen LogP) is 3.86. The number of anilines is 1. The number of para-hydroxylation sites is 1. The minimum absolute atomic E-state index is 0.578. The number of ether oxygens (including phenoxy) is 1. The van der Waals surface area contributed by atoms with E-state index in [0.29, 0.717) is 23.3 Å². The van der Waals surface area contributed by atoms with Gasteiger partial charge >= 0.3 is 0 Å². The Bertz CT molecular complexity index is 907. The summed E-state index contributed by atoms with van der Waals surface area (Å²) < 4.78 is 10.9. The molecular weight excluding hydrogens is 376 g/mol. The van der Waals surface area contributed by atoms with Gasteiger partial charge in [0, 0.05) is 35.9 Å². The standard InChI is InChI=1S/C21H23ClN4O2/c1-25(14-17-4-2-3-5-19(17)26-10-12-27-13-11-26)15-20-23-21(24-28-20)16-6-8-18(22)9-7-16/h2-9H,10-15H2,1H3. The summed E-state index contributed by atoms with van der Waals surface area (Å²) in [6.07, 6.45) is 0. The summed E-state index contributed by atoms with van der Waals surface area (Å²) in [6, 6.07) is 15.9. The topological polar surface area (TPSA) is 54.6 Å². The van der Waals surface area contributed by atoms with Gasteiger partial charge < -0.3 is 14.2 Å². The van der Waals surface area contributed by atoms with Gasteiger partial charge in [0.05, 0.1) is 19.8 Å². The van der Waals surface area contributed by atoms with Crippen molar-refractivity contribution >= 4 is 17.3 Å². The fourth-order valence-electron chi connectivity index (χ4n) is 3.37. The van der Waals surface area contributed by atoms with Crippen molar-refractivity contribution in [3.63, 3.8) is 0 Å². The Morgan fingerprint density at radius 1 is 1.04 bits per heavy atom. The summed E-state index contributed by atoms with van der Waals surface area (Å²) in [5, 5.41) is 4.78. The van der Waals surface area contributed by atoms with Crippen LogP contribution in [-0.2, 0) is 17.8 Å². The van der Waals surface area contributed by atoms with Crippen LogP contribution in [0.3, 0.4) is 0 Å². The maximum absolute atomic E-state index is 5.94. The van der Waals surface area contributed by atoms with E-state index >= 15 is 0 Å². The molecule has 7 heteroatoms. The molecule has 3 aromatic rings. The van der Waals surface area contributed by atoms with Gasteiger partial charge in [-0.25, -0.2) is 0 Å². The van der Waals surface area contributed by atoms with Crippen LogP contribution in [0.25, 0.3) is 11.4 Å². The molecule has 0 N–H and O–H groups in total. The fraction of sp³-hybridized carbons (Fsp3) is 0.333. The van der Waals surface area contributed by atoms with Gasteiger partial charge in [0.2, 0.25) is 11.7 Å². The molecule has 0 radical (unpaired) electrons. The van der Waals surface area contributed by atoms with Crippen LogP contribution >= 0.6 is 11.6 Å². The molecule has 0 aliphatic carbocycles. The average molecular weight is 399 g/mol. The average Bonchev–Trinajstić information content (AvgIpc) is 3.18.